The van der Waals surface area contributed by atoms with E-state index in [9.17, 15) is 9.59 Å². The molecule has 0 saturated carbocycles. The molecule has 0 saturated heterocycles. The highest BCUT2D eigenvalue weighted by Gasteiger charge is 2.20. The summed E-state index contributed by atoms with van der Waals surface area (Å²) in [5, 5.41) is 5.03. The molecule has 3 rings (SSSR count). The Morgan fingerprint density at radius 2 is 2.12 bits per heavy atom. The third-order valence-corrected chi connectivity index (χ3v) is 5.34. The summed E-state index contributed by atoms with van der Waals surface area (Å²) in [5.74, 6) is 0.278. The molecule has 1 aromatic heterocycles. The highest BCUT2D eigenvalue weighted by Crippen LogP contribution is 2.27. The third kappa shape index (κ3) is 4.03. The average Bonchev–Trinajstić information content (AvgIpc) is 3.10. The van der Waals surface area contributed by atoms with Gasteiger partial charge in [-0.1, -0.05) is 18.2 Å². The average molecular weight is 342 g/mol. The molecule has 2 aromatic rings. The van der Waals surface area contributed by atoms with Crippen molar-refractivity contribution in [2.75, 3.05) is 18.5 Å². The number of carbonyl (C=O) groups is 2. The molecule has 1 N–H and O–H groups in total. The normalized spacial score (nSPS) is 13.7. The van der Waals surface area contributed by atoms with Crippen molar-refractivity contribution < 1.29 is 9.59 Å². The summed E-state index contributed by atoms with van der Waals surface area (Å²) in [7, 11) is 1.83. The third-order valence-electron chi connectivity index (χ3n) is 4.40. The van der Waals surface area contributed by atoms with E-state index in [0.717, 1.165) is 24.9 Å². The first kappa shape index (κ1) is 16.7. The maximum atomic E-state index is 11.9. The Labute approximate surface area is 146 Å². The number of hydrogen-bond acceptors (Lipinski definition) is 3. The van der Waals surface area contributed by atoms with Crippen LogP contribution in [0, 0.1) is 0 Å². The number of benzene rings is 1. The topological polar surface area (TPSA) is 49.4 Å². The van der Waals surface area contributed by atoms with Gasteiger partial charge in [-0.2, -0.15) is 0 Å². The van der Waals surface area contributed by atoms with E-state index in [-0.39, 0.29) is 11.8 Å². The Morgan fingerprint density at radius 1 is 1.25 bits per heavy atom. The van der Waals surface area contributed by atoms with Gasteiger partial charge in [0.25, 0.3) is 0 Å². The SMILES string of the molecule is CN1C(=O)CCc2cc(CCNC(=O)CCc3cccs3)ccc21. The second kappa shape index (κ2) is 7.62. The fourth-order valence-electron chi connectivity index (χ4n) is 2.99. The van der Waals surface area contributed by atoms with Crippen molar-refractivity contribution in [2.24, 2.45) is 0 Å². The zero-order valence-corrected chi connectivity index (χ0v) is 14.7. The van der Waals surface area contributed by atoms with Crippen LogP contribution in [-0.2, 0) is 28.9 Å². The number of nitrogens with zero attached hydrogens (tertiary/aromatic N) is 1. The van der Waals surface area contributed by atoms with Crippen molar-refractivity contribution >= 4 is 28.8 Å². The number of carbonyl (C=O) groups excluding carboxylic acids is 2. The van der Waals surface area contributed by atoms with Crippen molar-refractivity contribution in [3.63, 3.8) is 0 Å². The summed E-state index contributed by atoms with van der Waals surface area (Å²) in [4.78, 5) is 26.6. The predicted octanol–water partition coefficient (Wildman–Crippen LogP) is 2.95. The van der Waals surface area contributed by atoms with Crippen LogP contribution in [-0.4, -0.2) is 25.4 Å². The first-order valence-electron chi connectivity index (χ1n) is 8.31. The number of thiophene rings is 1. The zero-order valence-electron chi connectivity index (χ0n) is 13.9. The number of aryl methyl sites for hydroxylation is 2. The minimum Gasteiger partial charge on any atom is -0.356 e. The van der Waals surface area contributed by atoms with E-state index in [1.807, 2.05) is 30.6 Å². The molecule has 126 valence electrons. The van der Waals surface area contributed by atoms with E-state index in [2.05, 4.69) is 17.4 Å². The lowest BCUT2D eigenvalue weighted by Gasteiger charge is -2.26. The second-order valence-electron chi connectivity index (χ2n) is 6.10. The lowest BCUT2D eigenvalue weighted by atomic mass is 9.98. The Kier molecular flexibility index (Phi) is 5.30. The number of anilines is 1. The first-order valence-corrected chi connectivity index (χ1v) is 9.19. The Balaban J connectivity index is 1.47. The number of nitrogens with one attached hydrogen (secondary N) is 1. The van der Waals surface area contributed by atoms with Crippen LogP contribution in [0.1, 0.15) is 28.8 Å². The van der Waals surface area contributed by atoms with Gasteiger partial charge in [0.15, 0.2) is 0 Å². The minimum absolute atomic E-state index is 0.103. The van der Waals surface area contributed by atoms with Crippen LogP contribution >= 0.6 is 11.3 Å². The molecule has 0 unspecified atom stereocenters. The van der Waals surface area contributed by atoms with Gasteiger partial charge in [0, 0.05) is 37.0 Å². The molecule has 0 spiro atoms. The Bertz CT molecular complexity index is 725. The zero-order chi connectivity index (χ0) is 16.9. The number of rotatable bonds is 6. The second-order valence-corrected chi connectivity index (χ2v) is 7.13. The van der Waals surface area contributed by atoms with E-state index in [0.29, 0.717) is 19.4 Å². The molecule has 0 fully saturated rings. The first-order chi connectivity index (χ1) is 11.6. The molecule has 0 atom stereocenters. The van der Waals surface area contributed by atoms with E-state index < -0.39 is 0 Å². The van der Waals surface area contributed by atoms with Crippen LogP contribution in [0.25, 0.3) is 0 Å². The van der Waals surface area contributed by atoms with Crippen molar-refractivity contribution in [2.45, 2.75) is 32.1 Å². The summed E-state index contributed by atoms with van der Waals surface area (Å²) in [6.45, 7) is 0.650. The van der Waals surface area contributed by atoms with Crippen LogP contribution in [0.4, 0.5) is 5.69 Å². The van der Waals surface area contributed by atoms with Crippen molar-refractivity contribution in [1.82, 2.24) is 5.32 Å². The molecule has 0 bridgehead atoms. The summed E-state index contributed by atoms with van der Waals surface area (Å²) in [6, 6.07) is 10.3. The number of hydrogen-bond donors (Lipinski definition) is 1. The molecular formula is C19H22N2O2S. The monoisotopic (exact) mass is 342 g/mol. The van der Waals surface area contributed by atoms with Gasteiger partial charge in [0.05, 0.1) is 0 Å². The molecule has 1 aliphatic heterocycles. The molecule has 1 aromatic carbocycles. The molecule has 5 heteroatoms. The van der Waals surface area contributed by atoms with Crippen LogP contribution in [0.15, 0.2) is 35.7 Å². The summed E-state index contributed by atoms with van der Waals surface area (Å²) >= 11 is 1.69. The molecular weight excluding hydrogens is 320 g/mol. The largest absolute Gasteiger partial charge is 0.356 e. The van der Waals surface area contributed by atoms with Crippen molar-refractivity contribution in [3.05, 3.63) is 51.7 Å². The lowest BCUT2D eigenvalue weighted by Crippen LogP contribution is -2.31. The van der Waals surface area contributed by atoms with E-state index in [4.69, 9.17) is 0 Å². The van der Waals surface area contributed by atoms with E-state index in [1.165, 1.54) is 16.0 Å². The molecule has 2 amide bonds. The maximum Gasteiger partial charge on any atom is 0.227 e. The van der Waals surface area contributed by atoms with Crippen LogP contribution < -0.4 is 10.2 Å². The minimum atomic E-state index is 0.103. The molecule has 0 radical (unpaired) electrons. The highest BCUT2D eigenvalue weighted by atomic mass is 32.1. The van der Waals surface area contributed by atoms with Crippen molar-refractivity contribution in [3.8, 4) is 0 Å². The van der Waals surface area contributed by atoms with Gasteiger partial charge in [-0.25, -0.2) is 0 Å². The molecule has 0 aliphatic carbocycles. The summed E-state index contributed by atoms with van der Waals surface area (Å²) in [6.07, 6.45) is 3.54. The van der Waals surface area contributed by atoms with Crippen LogP contribution in [0.3, 0.4) is 0 Å². The standard InChI is InChI=1S/C19H22N2O2S/c1-21-17-7-4-14(13-15(17)5-9-19(21)23)10-11-20-18(22)8-6-16-3-2-12-24-16/h2-4,7,12-13H,5-6,8-11H2,1H3,(H,20,22). The smallest absolute Gasteiger partial charge is 0.227 e. The maximum absolute atomic E-state index is 11.9. The molecule has 1 aliphatic rings. The van der Waals surface area contributed by atoms with Gasteiger partial charge in [0.1, 0.15) is 0 Å². The van der Waals surface area contributed by atoms with Gasteiger partial charge in [-0.3, -0.25) is 9.59 Å². The number of amides is 2. The van der Waals surface area contributed by atoms with Gasteiger partial charge in [-0.15, -0.1) is 11.3 Å². The van der Waals surface area contributed by atoms with Crippen molar-refractivity contribution in [1.29, 1.82) is 0 Å². The van der Waals surface area contributed by atoms with Gasteiger partial charge in [0.2, 0.25) is 11.8 Å². The van der Waals surface area contributed by atoms with Gasteiger partial charge in [-0.05, 0) is 47.9 Å². The lowest BCUT2D eigenvalue weighted by molar-refractivity contribution is -0.121. The fourth-order valence-corrected chi connectivity index (χ4v) is 3.70. The summed E-state index contributed by atoms with van der Waals surface area (Å²) in [5.41, 5.74) is 3.43. The Hall–Kier alpha value is -2.14. The van der Waals surface area contributed by atoms with Gasteiger partial charge >= 0.3 is 0 Å². The van der Waals surface area contributed by atoms with Gasteiger partial charge < -0.3 is 10.2 Å². The molecule has 24 heavy (non-hydrogen) atoms. The highest BCUT2D eigenvalue weighted by molar-refractivity contribution is 7.09. The molecule has 2 heterocycles. The van der Waals surface area contributed by atoms with E-state index in [1.54, 1.807) is 16.2 Å². The predicted molar refractivity (Wildman–Crippen MR) is 97.5 cm³/mol. The number of fused-ring (bicyclic) bond motifs is 1. The van der Waals surface area contributed by atoms with Crippen LogP contribution in [0.5, 0.6) is 0 Å². The van der Waals surface area contributed by atoms with E-state index >= 15 is 0 Å². The quantitative estimate of drug-likeness (QED) is 0.877. The summed E-state index contributed by atoms with van der Waals surface area (Å²) < 4.78 is 0. The van der Waals surface area contributed by atoms with Crippen LogP contribution in [0.2, 0.25) is 0 Å². The molecule has 4 nitrogen and oxygen atoms in total. The fraction of sp³-hybridized carbons (Fsp3) is 0.368. The Morgan fingerprint density at radius 3 is 2.92 bits per heavy atom.